The fourth-order valence-electron chi connectivity index (χ4n) is 2.89. The van der Waals surface area contributed by atoms with Crippen LogP contribution in [0, 0.1) is 0 Å². The van der Waals surface area contributed by atoms with Crippen LogP contribution >= 0.6 is 0 Å². The highest BCUT2D eigenvalue weighted by atomic mass is 16.5. The average molecular weight is 451 g/mol. The molecule has 1 aromatic heterocycles. The topological polar surface area (TPSA) is 130 Å². The molecule has 0 saturated heterocycles. The molecule has 0 saturated carbocycles. The van der Waals surface area contributed by atoms with Gasteiger partial charge in [-0.25, -0.2) is 9.59 Å². The Morgan fingerprint density at radius 3 is 2.15 bits per heavy atom. The van der Waals surface area contributed by atoms with Gasteiger partial charge in [-0.15, -0.1) is 0 Å². The fraction of sp³-hybridized carbons (Fsp3) is 0.250. The summed E-state index contributed by atoms with van der Waals surface area (Å²) >= 11 is 0. The SMILES string of the molecule is CCC(C)(C)c1ccc(Oc2ccc(NC(=O)COC(=O)c3c[nH]c(=O)[nH]c3=O)cc2)cc1. The Balaban J connectivity index is 1.52. The number of aromatic amines is 2. The minimum absolute atomic E-state index is 0.0996. The molecule has 0 fully saturated rings. The summed E-state index contributed by atoms with van der Waals surface area (Å²) in [7, 11) is 0. The van der Waals surface area contributed by atoms with Gasteiger partial charge in [0.2, 0.25) is 0 Å². The first kappa shape index (κ1) is 23.5. The monoisotopic (exact) mass is 451 g/mol. The fourth-order valence-corrected chi connectivity index (χ4v) is 2.89. The van der Waals surface area contributed by atoms with E-state index < -0.39 is 35.3 Å². The first-order valence-electron chi connectivity index (χ1n) is 10.4. The summed E-state index contributed by atoms with van der Waals surface area (Å²) in [6, 6.07) is 14.6. The predicted molar refractivity (Wildman–Crippen MR) is 123 cm³/mol. The van der Waals surface area contributed by atoms with Crippen molar-refractivity contribution in [1.29, 1.82) is 0 Å². The summed E-state index contributed by atoms with van der Waals surface area (Å²) in [5.41, 5.74) is -0.244. The number of nitrogens with one attached hydrogen (secondary N) is 3. The number of ether oxygens (including phenoxy) is 2. The van der Waals surface area contributed by atoms with Crippen molar-refractivity contribution in [2.24, 2.45) is 0 Å². The summed E-state index contributed by atoms with van der Waals surface area (Å²) in [6.45, 7) is 5.94. The number of rotatable bonds is 8. The molecule has 0 atom stereocenters. The van der Waals surface area contributed by atoms with Crippen molar-refractivity contribution in [3.8, 4) is 11.5 Å². The van der Waals surface area contributed by atoms with E-state index in [-0.39, 0.29) is 5.41 Å². The van der Waals surface area contributed by atoms with Crippen LogP contribution in [-0.4, -0.2) is 28.5 Å². The van der Waals surface area contributed by atoms with Gasteiger partial charge in [0.15, 0.2) is 6.61 Å². The molecule has 33 heavy (non-hydrogen) atoms. The van der Waals surface area contributed by atoms with Gasteiger partial charge < -0.3 is 19.8 Å². The predicted octanol–water partition coefficient (Wildman–Crippen LogP) is 3.34. The number of benzene rings is 2. The van der Waals surface area contributed by atoms with Gasteiger partial charge >= 0.3 is 11.7 Å². The average Bonchev–Trinajstić information content (AvgIpc) is 2.79. The van der Waals surface area contributed by atoms with E-state index in [9.17, 15) is 19.2 Å². The van der Waals surface area contributed by atoms with Crippen LogP contribution in [-0.2, 0) is 14.9 Å². The van der Waals surface area contributed by atoms with Crippen LogP contribution in [0.1, 0.15) is 43.1 Å². The van der Waals surface area contributed by atoms with Crippen LogP contribution in [0.4, 0.5) is 5.69 Å². The third-order valence-electron chi connectivity index (χ3n) is 5.27. The lowest BCUT2D eigenvalue weighted by Gasteiger charge is -2.23. The summed E-state index contributed by atoms with van der Waals surface area (Å²) in [5, 5.41) is 2.58. The molecule has 0 aliphatic rings. The van der Waals surface area contributed by atoms with E-state index in [0.717, 1.165) is 12.6 Å². The van der Waals surface area contributed by atoms with Gasteiger partial charge in [0, 0.05) is 11.9 Å². The number of aromatic nitrogens is 2. The number of hydrogen-bond donors (Lipinski definition) is 3. The van der Waals surface area contributed by atoms with Crippen molar-refractivity contribution < 1.29 is 19.1 Å². The van der Waals surface area contributed by atoms with E-state index in [2.05, 4.69) is 43.2 Å². The van der Waals surface area contributed by atoms with Crippen molar-refractivity contribution in [1.82, 2.24) is 9.97 Å². The van der Waals surface area contributed by atoms with Gasteiger partial charge in [0.05, 0.1) is 0 Å². The second-order valence-electron chi connectivity index (χ2n) is 8.00. The van der Waals surface area contributed by atoms with Crippen molar-refractivity contribution in [3.63, 3.8) is 0 Å². The smallest absolute Gasteiger partial charge is 0.345 e. The maximum absolute atomic E-state index is 12.0. The number of amides is 1. The van der Waals surface area contributed by atoms with Crippen LogP contribution < -0.4 is 21.3 Å². The third-order valence-corrected chi connectivity index (χ3v) is 5.27. The van der Waals surface area contributed by atoms with Crippen LogP contribution in [0.15, 0.2) is 64.3 Å². The molecule has 0 aliphatic carbocycles. The molecule has 0 spiro atoms. The Bertz CT molecular complexity index is 1240. The summed E-state index contributed by atoms with van der Waals surface area (Å²) < 4.78 is 10.7. The molecule has 0 bridgehead atoms. The molecule has 0 aliphatic heterocycles. The first-order valence-corrected chi connectivity index (χ1v) is 10.4. The normalized spacial score (nSPS) is 11.0. The Hall–Kier alpha value is -4.14. The van der Waals surface area contributed by atoms with Crippen LogP contribution in [0.3, 0.4) is 0 Å². The van der Waals surface area contributed by atoms with Crippen LogP contribution in [0.5, 0.6) is 11.5 Å². The van der Waals surface area contributed by atoms with E-state index in [1.807, 2.05) is 17.1 Å². The maximum atomic E-state index is 12.0. The van der Waals surface area contributed by atoms with Crippen molar-refractivity contribution in [2.75, 3.05) is 11.9 Å². The molecule has 172 valence electrons. The number of carbonyl (C=O) groups is 2. The van der Waals surface area contributed by atoms with Crippen molar-refractivity contribution >= 4 is 17.6 Å². The zero-order chi connectivity index (χ0) is 24.0. The summed E-state index contributed by atoms with van der Waals surface area (Å²) in [4.78, 5) is 50.5. The highest BCUT2D eigenvalue weighted by Gasteiger charge is 2.18. The van der Waals surface area contributed by atoms with Gasteiger partial charge in [0.25, 0.3) is 11.5 Å². The number of esters is 1. The lowest BCUT2D eigenvalue weighted by atomic mass is 9.82. The standard InChI is InChI=1S/C24H25N3O6/c1-4-24(2,3)15-5-9-17(10-6-15)33-18-11-7-16(8-12-18)26-20(28)14-32-22(30)19-13-25-23(31)27-21(19)29/h5-13H,4,14H2,1-3H3,(H,26,28)(H2,25,27,29,31). The van der Waals surface area contributed by atoms with Gasteiger partial charge in [-0.05, 0) is 53.8 Å². The molecule has 0 unspecified atom stereocenters. The minimum atomic E-state index is -1.03. The zero-order valence-electron chi connectivity index (χ0n) is 18.6. The Morgan fingerprint density at radius 1 is 0.970 bits per heavy atom. The second kappa shape index (κ2) is 9.99. The van der Waals surface area contributed by atoms with Gasteiger partial charge in [-0.1, -0.05) is 32.9 Å². The molecule has 3 aromatic rings. The molecule has 3 rings (SSSR count). The van der Waals surface area contributed by atoms with E-state index in [0.29, 0.717) is 17.2 Å². The zero-order valence-corrected chi connectivity index (χ0v) is 18.6. The Morgan fingerprint density at radius 2 is 1.58 bits per heavy atom. The lowest BCUT2D eigenvalue weighted by molar-refractivity contribution is -0.119. The van der Waals surface area contributed by atoms with Crippen molar-refractivity contribution in [3.05, 3.63) is 86.7 Å². The number of H-pyrrole nitrogens is 2. The Labute approximate surface area is 189 Å². The highest BCUT2D eigenvalue weighted by molar-refractivity contribution is 5.95. The van der Waals surface area contributed by atoms with Crippen LogP contribution in [0.25, 0.3) is 0 Å². The lowest BCUT2D eigenvalue weighted by Crippen LogP contribution is -2.29. The third kappa shape index (κ3) is 6.19. The van der Waals surface area contributed by atoms with Crippen molar-refractivity contribution in [2.45, 2.75) is 32.6 Å². The molecule has 2 aromatic carbocycles. The molecular weight excluding hydrogens is 426 g/mol. The van der Waals surface area contributed by atoms with E-state index in [1.165, 1.54) is 5.56 Å². The number of carbonyl (C=O) groups excluding carboxylic acids is 2. The largest absolute Gasteiger partial charge is 0.457 e. The van der Waals surface area contributed by atoms with E-state index >= 15 is 0 Å². The summed E-state index contributed by atoms with van der Waals surface area (Å²) in [5.74, 6) is -0.322. The second-order valence-corrected chi connectivity index (χ2v) is 8.00. The number of hydrogen-bond acceptors (Lipinski definition) is 6. The van der Waals surface area contributed by atoms with E-state index in [4.69, 9.17) is 9.47 Å². The van der Waals surface area contributed by atoms with Gasteiger partial charge in [-0.3, -0.25) is 14.6 Å². The molecule has 9 nitrogen and oxygen atoms in total. The quantitative estimate of drug-likeness (QED) is 0.450. The highest BCUT2D eigenvalue weighted by Crippen LogP contribution is 2.29. The molecule has 0 radical (unpaired) electrons. The van der Waals surface area contributed by atoms with E-state index in [1.54, 1.807) is 24.3 Å². The molecule has 1 amide bonds. The summed E-state index contributed by atoms with van der Waals surface area (Å²) in [6.07, 6.45) is 1.96. The van der Waals surface area contributed by atoms with Crippen LogP contribution in [0.2, 0.25) is 0 Å². The number of anilines is 1. The maximum Gasteiger partial charge on any atom is 0.345 e. The van der Waals surface area contributed by atoms with Gasteiger partial charge in [0.1, 0.15) is 17.1 Å². The molecule has 3 N–H and O–H groups in total. The molecular formula is C24H25N3O6. The Kier molecular flexibility index (Phi) is 7.12. The van der Waals surface area contributed by atoms with Gasteiger partial charge in [-0.2, -0.15) is 0 Å². The molecule has 9 heteroatoms. The minimum Gasteiger partial charge on any atom is -0.457 e. The first-order chi connectivity index (χ1) is 15.7. The molecule has 1 heterocycles.